The molecule has 0 fully saturated rings. The third-order valence-electron chi connectivity index (χ3n) is 4.57. The monoisotopic (exact) mass is 393 g/mol. The molecule has 9 heteroatoms. The van der Waals surface area contributed by atoms with Crippen LogP contribution in [0.1, 0.15) is 43.3 Å². The van der Waals surface area contributed by atoms with Gasteiger partial charge in [-0.3, -0.25) is 0 Å². The summed E-state index contributed by atoms with van der Waals surface area (Å²) in [7, 11) is -1.72. The molecule has 0 saturated carbocycles. The number of carbonyl (C=O) groups is 1. The second-order valence-electron chi connectivity index (χ2n) is 6.77. The summed E-state index contributed by atoms with van der Waals surface area (Å²) in [5, 5.41) is 13.2. The fourth-order valence-electron chi connectivity index (χ4n) is 2.70. The summed E-state index contributed by atoms with van der Waals surface area (Å²) in [6.45, 7) is 7.44. The zero-order chi connectivity index (χ0) is 20.2. The molecule has 2 unspecified atom stereocenters. The summed E-state index contributed by atoms with van der Waals surface area (Å²) in [6.07, 6.45) is 2.05. The molecule has 1 aromatic carbocycles. The van der Waals surface area contributed by atoms with Crippen LogP contribution in [0.2, 0.25) is 0 Å². The Morgan fingerprint density at radius 1 is 1.22 bits per heavy atom. The van der Waals surface area contributed by atoms with Gasteiger partial charge in [0.25, 0.3) is 0 Å². The summed E-state index contributed by atoms with van der Waals surface area (Å²) < 4.78 is 27.1. The van der Waals surface area contributed by atoms with Gasteiger partial charge in [0.2, 0.25) is 0 Å². The number of nitrogens with one attached hydrogen (secondary N) is 2. The molecule has 0 aliphatic carbocycles. The first kappa shape index (κ1) is 20.9. The van der Waals surface area contributed by atoms with Crippen LogP contribution in [0, 0.1) is 13.8 Å². The number of benzene rings is 1. The van der Waals surface area contributed by atoms with E-state index >= 15 is 0 Å². The van der Waals surface area contributed by atoms with Crippen molar-refractivity contribution >= 4 is 15.9 Å². The fourth-order valence-corrected chi connectivity index (χ4v) is 4.38. The zero-order valence-corrected chi connectivity index (χ0v) is 17.2. The van der Waals surface area contributed by atoms with Crippen LogP contribution in [0.15, 0.2) is 29.4 Å². The lowest BCUT2D eigenvalue weighted by atomic mass is 10.1. The predicted octanol–water partition coefficient (Wildman–Crippen LogP) is 2.04. The summed E-state index contributed by atoms with van der Waals surface area (Å²) in [5.74, 6) is 0.457. The molecule has 2 aromatic rings. The van der Waals surface area contributed by atoms with Crippen LogP contribution in [-0.2, 0) is 16.9 Å². The smallest absolute Gasteiger partial charge is 0.315 e. The van der Waals surface area contributed by atoms with Crippen molar-refractivity contribution in [3.05, 3.63) is 41.5 Å². The van der Waals surface area contributed by atoms with Gasteiger partial charge in [-0.05, 0) is 50.5 Å². The molecular formula is C18H27N5O3S. The Balaban J connectivity index is 2.02. The minimum absolute atomic E-state index is 0.155. The number of hydrogen-bond donors (Lipinski definition) is 2. The maximum Gasteiger partial charge on any atom is 0.315 e. The standard InChI is InChI=1S/C18H27N5O3S/c1-6-15(10-27(25,26)16-8-7-12(2)13(3)9-16)21-18(24)20-14(4)17-22-19-11-23(17)5/h7-9,11,14-15H,6,10H2,1-5H3,(H2,20,21,24). The van der Waals surface area contributed by atoms with Crippen LogP contribution >= 0.6 is 0 Å². The second-order valence-corrected chi connectivity index (χ2v) is 8.81. The molecular weight excluding hydrogens is 366 g/mol. The van der Waals surface area contributed by atoms with Gasteiger partial charge in [0.15, 0.2) is 15.7 Å². The number of sulfone groups is 1. The lowest BCUT2D eigenvalue weighted by molar-refractivity contribution is 0.234. The van der Waals surface area contributed by atoms with Crippen LogP contribution in [0.5, 0.6) is 0 Å². The van der Waals surface area contributed by atoms with Gasteiger partial charge in [-0.2, -0.15) is 0 Å². The Hall–Kier alpha value is -2.42. The van der Waals surface area contributed by atoms with Crippen molar-refractivity contribution < 1.29 is 13.2 Å². The molecule has 8 nitrogen and oxygen atoms in total. The van der Waals surface area contributed by atoms with Crippen molar-refractivity contribution in [1.82, 2.24) is 25.4 Å². The summed E-state index contributed by atoms with van der Waals surface area (Å²) in [4.78, 5) is 12.6. The quantitative estimate of drug-likeness (QED) is 0.749. The summed E-state index contributed by atoms with van der Waals surface area (Å²) in [6, 6.07) is 3.79. The van der Waals surface area contributed by atoms with Gasteiger partial charge in [0.05, 0.1) is 16.7 Å². The van der Waals surface area contributed by atoms with Crippen LogP contribution in [0.4, 0.5) is 4.79 Å². The summed E-state index contributed by atoms with van der Waals surface area (Å²) >= 11 is 0. The lowest BCUT2D eigenvalue weighted by Gasteiger charge is -2.20. The van der Waals surface area contributed by atoms with Crippen LogP contribution in [0.25, 0.3) is 0 Å². The molecule has 27 heavy (non-hydrogen) atoms. The van der Waals surface area contributed by atoms with E-state index in [1.807, 2.05) is 20.8 Å². The largest absolute Gasteiger partial charge is 0.334 e. The number of nitrogens with zero attached hydrogens (tertiary/aromatic N) is 3. The van der Waals surface area contributed by atoms with E-state index in [1.165, 1.54) is 0 Å². The lowest BCUT2D eigenvalue weighted by Crippen LogP contribution is -2.45. The van der Waals surface area contributed by atoms with Gasteiger partial charge in [-0.1, -0.05) is 13.0 Å². The van der Waals surface area contributed by atoms with Gasteiger partial charge in [0, 0.05) is 13.1 Å². The molecule has 2 N–H and O–H groups in total. The number of rotatable bonds is 7. The van der Waals surface area contributed by atoms with Crippen LogP contribution in [-0.4, -0.2) is 41.0 Å². The van der Waals surface area contributed by atoms with Crippen molar-refractivity contribution in [3.63, 3.8) is 0 Å². The minimum Gasteiger partial charge on any atom is -0.334 e. The SMILES string of the molecule is CCC(CS(=O)(=O)c1ccc(C)c(C)c1)NC(=O)NC(C)c1nncn1C. The maximum atomic E-state index is 12.7. The van der Waals surface area contributed by atoms with E-state index in [0.717, 1.165) is 11.1 Å². The molecule has 0 saturated heterocycles. The van der Waals surface area contributed by atoms with Gasteiger partial charge < -0.3 is 15.2 Å². The van der Waals surface area contributed by atoms with Crippen molar-refractivity contribution in [2.24, 2.45) is 7.05 Å². The molecule has 0 aliphatic rings. The Kier molecular flexibility index (Phi) is 6.59. The second kappa shape index (κ2) is 8.51. The Bertz CT molecular complexity index is 907. The van der Waals surface area contributed by atoms with E-state index in [9.17, 15) is 13.2 Å². The zero-order valence-electron chi connectivity index (χ0n) is 16.4. The molecule has 2 rings (SSSR count). The van der Waals surface area contributed by atoms with Crippen LogP contribution < -0.4 is 10.6 Å². The van der Waals surface area contributed by atoms with E-state index in [-0.39, 0.29) is 16.7 Å². The molecule has 0 spiro atoms. The molecule has 0 bridgehead atoms. The van der Waals surface area contributed by atoms with Gasteiger partial charge in [0.1, 0.15) is 6.33 Å². The highest BCUT2D eigenvalue weighted by Crippen LogP contribution is 2.17. The van der Waals surface area contributed by atoms with Gasteiger partial charge in [-0.25, -0.2) is 13.2 Å². The third-order valence-corrected chi connectivity index (χ3v) is 6.38. The minimum atomic E-state index is -3.50. The van der Waals surface area contributed by atoms with E-state index in [4.69, 9.17) is 0 Å². The van der Waals surface area contributed by atoms with Crippen LogP contribution in [0.3, 0.4) is 0 Å². The highest BCUT2D eigenvalue weighted by Gasteiger charge is 2.23. The predicted molar refractivity (Wildman–Crippen MR) is 103 cm³/mol. The maximum absolute atomic E-state index is 12.7. The number of amides is 2. The summed E-state index contributed by atoms with van der Waals surface area (Å²) in [5.41, 5.74) is 1.96. The van der Waals surface area contributed by atoms with E-state index in [0.29, 0.717) is 12.2 Å². The normalized spacial score (nSPS) is 13.8. The Labute approximate surface area is 160 Å². The number of aromatic nitrogens is 3. The third kappa shape index (κ3) is 5.29. The highest BCUT2D eigenvalue weighted by atomic mass is 32.2. The molecule has 2 amide bonds. The van der Waals surface area contributed by atoms with E-state index in [2.05, 4.69) is 20.8 Å². The first-order valence-corrected chi connectivity index (χ1v) is 10.5. The van der Waals surface area contributed by atoms with E-state index < -0.39 is 21.9 Å². The highest BCUT2D eigenvalue weighted by molar-refractivity contribution is 7.91. The van der Waals surface area contributed by atoms with Crippen molar-refractivity contribution in [2.45, 2.75) is 51.1 Å². The fraction of sp³-hybridized carbons (Fsp3) is 0.500. The number of hydrogen-bond acceptors (Lipinski definition) is 5. The Morgan fingerprint density at radius 2 is 1.93 bits per heavy atom. The molecule has 1 aromatic heterocycles. The molecule has 2 atom stereocenters. The molecule has 0 aliphatic heterocycles. The number of carbonyl (C=O) groups excluding carboxylic acids is 1. The average molecular weight is 394 g/mol. The topological polar surface area (TPSA) is 106 Å². The first-order chi connectivity index (χ1) is 12.6. The Morgan fingerprint density at radius 3 is 2.48 bits per heavy atom. The first-order valence-electron chi connectivity index (χ1n) is 8.85. The van der Waals surface area contributed by atoms with Crippen molar-refractivity contribution in [3.8, 4) is 0 Å². The van der Waals surface area contributed by atoms with Crippen molar-refractivity contribution in [2.75, 3.05) is 5.75 Å². The molecule has 148 valence electrons. The molecule has 0 radical (unpaired) electrons. The van der Waals surface area contributed by atoms with Gasteiger partial charge in [-0.15, -0.1) is 10.2 Å². The number of urea groups is 1. The number of aryl methyl sites for hydroxylation is 3. The molecule has 1 heterocycles. The van der Waals surface area contributed by atoms with Crippen molar-refractivity contribution in [1.29, 1.82) is 0 Å². The van der Waals surface area contributed by atoms with Gasteiger partial charge >= 0.3 is 6.03 Å². The van der Waals surface area contributed by atoms with E-state index in [1.54, 1.807) is 43.1 Å². The average Bonchev–Trinajstić information content (AvgIpc) is 3.02.